The van der Waals surface area contributed by atoms with Crippen molar-refractivity contribution < 1.29 is 9.32 Å². The highest BCUT2D eigenvalue weighted by molar-refractivity contribution is 6.04. The lowest BCUT2D eigenvalue weighted by atomic mass is 10.1. The van der Waals surface area contributed by atoms with E-state index in [2.05, 4.69) is 20.4 Å². The van der Waals surface area contributed by atoms with Gasteiger partial charge in [0.2, 0.25) is 11.7 Å². The number of nitrogens with one attached hydrogen (secondary N) is 1. The number of carbonyl (C=O) groups excluding carboxylic acids is 1. The summed E-state index contributed by atoms with van der Waals surface area (Å²) in [6, 6.07) is 10.6. The highest BCUT2D eigenvalue weighted by Gasteiger charge is 2.10. The van der Waals surface area contributed by atoms with Gasteiger partial charge in [-0.25, -0.2) is 0 Å². The lowest BCUT2D eigenvalue weighted by Crippen LogP contribution is -2.11. The molecule has 0 unspecified atom stereocenters. The van der Waals surface area contributed by atoms with Crippen LogP contribution in [0.25, 0.3) is 11.4 Å². The minimum Gasteiger partial charge on any atom is -0.339 e. The minimum atomic E-state index is -0.193. The highest BCUT2D eigenvalue weighted by Crippen LogP contribution is 2.17. The summed E-state index contributed by atoms with van der Waals surface area (Å²) in [5.74, 6) is 0.923. The molecule has 1 aromatic carbocycles. The zero-order valence-corrected chi connectivity index (χ0v) is 12.0. The van der Waals surface area contributed by atoms with E-state index in [0.717, 1.165) is 5.56 Å². The van der Waals surface area contributed by atoms with Crippen molar-refractivity contribution in [3.05, 3.63) is 60.2 Å². The summed E-state index contributed by atoms with van der Waals surface area (Å²) >= 11 is 0. The molecule has 0 aliphatic heterocycles. The summed E-state index contributed by atoms with van der Waals surface area (Å²) in [5, 5.41) is 6.68. The Balaban J connectivity index is 1.75. The molecule has 22 heavy (non-hydrogen) atoms. The van der Waals surface area contributed by atoms with Gasteiger partial charge in [-0.05, 0) is 24.3 Å². The second-order valence-electron chi connectivity index (χ2n) is 4.64. The molecule has 0 saturated carbocycles. The van der Waals surface area contributed by atoms with E-state index in [4.69, 9.17) is 4.52 Å². The van der Waals surface area contributed by atoms with Crippen molar-refractivity contribution >= 4 is 11.6 Å². The number of amides is 1. The van der Waals surface area contributed by atoms with Gasteiger partial charge >= 0.3 is 0 Å². The molecule has 6 heteroatoms. The van der Waals surface area contributed by atoms with Crippen molar-refractivity contribution in [3.8, 4) is 11.4 Å². The third kappa shape index (κ3) is 3.01. The zero-order chi connectivity index (χ0) is 15.4. The van der Waals surface area contributed by atoms with Crippen molar-refractivity contribution in [1.82, 2.24) is 15.1 Å². The van der Waals surface area contributed by atoms with Gasteiger partial charge in [0.25, 0.3) is 5.91 Å². The smallest absolute Gasteiger partial charge is 0.255 e. The first-order chi connectivity index (χ1) is 10.8. The average Bonchev–Trinajstić information content (AvgIpc) is 3.05. The van der Waals surface area contributed by atoms with Crippen LogP contribution in [0, 0.1) is 0 Å². The van der Waals surface area contributed by atoms with E-state index in [9.17, 15) is 4.79 Å². The van der Waals surface area contributed by atoms with Crippen molar-refractivity contribution in [2.75, 3.05) is 5.32 Å². The lowest BCUT2D eigenvalue weighted by molar-refractivity contribution is 0.102. The molecule has 0 radical (unpaired) electrons. The van der Waals surface area contributed by atoms with Crippen LogP contribution in [-0.4, -0.2) is 21.0 Å². The molecule has 0 saturated heterocycles. The van der Waals surface area contributed by atoms with E-state index in [1.165, 1.54) is 0 Å². The molecule has 0 bridgehead atoms. The van der Waals surface area contributed by atoms with Crippen molar-refractivity contribution in [2.45, 2.75) is 13.3 Å². The normalized spacial score (nSPS) is 10.4. The van der Waals surface area contributed by atoms with E-state index in [0.29, 0.717) is 29.4 Å². The highest BCUT2D eigenvalue weighted by atomic mass is 16.5. The Bertz CT molecular complexity index is 766. The molecule has 6 nitrogen and oxygen atoms in total. The number of benzene rings is 1. The van der Waals surface area contributed by atoms with E-state index in [1.807, 2.05) is 6.92 Å². The van der Waals surface area contributed by atoms with Crippen LogP contribution < -0.4 is 5.32 Å². The summed E-state index contributed by atoms with van der Waals surface area (Å²) in [6.45, 7) is 1.95. The molecule has 3 aromatic rings. The van der Waals surface area contributed by atoms with Crippen LogP contribution >= 0.6 is 0 Å². The predicted molar refractivity (Wildman–Crippen MR) is 81.3 cm³/mol. The van der Waals surface area contributed by atoms with Gasteiger partial charge < -0.3 is 9.84 Å². The Labute approximate surface area is 127 Å². The molecule has 110 valence electrons. The summed E-state index contributed by atoms with van der Waals surface area (Å²) in [7, 11) is 0. The number of aromatic nitrogens is 3. The van der Waals surface area contributed by atoms with Crippen LogP contribution in [0.2, 0.25) is 0 Å². The number of aryl methyl sites for hydroxylation is 1. The first-order valence-electron chi connectivity index (χ1n) is 6.90. The number of hydrogen-bond acceptors (Lipinski definition) is 5. The van der Waals surface area contributed by atoms with Gasteiger partial charge in [-0.1, -0.05) is 24.2 Å². The second-order valence-corrected chi connectivity index (χ2v) is 4.64. The van der Waals surface area contributed by atoms with Gasteiger partial charge in [0.15, 0.2) is 0 Å². The van der Waals surface area contributed by atoms with Gasteiger partial charge in [-0.15, -0.1) is 0 Å². The SMILES string of the molecule is CCc1nc(-c2ccc(C(=O)Nc3cccnc3)cc2)no1. The number of nitrogens with zero attached hydrogens (tertiary/aromatic N) is 3. The zero-order valence-electron chi connectivity index (χ0n) is 12.0. The number of anilines is 1. The topological polar surface area (TPSA) is 80.9 Å². The molecule has 0 aliphatic carbocycles. The van der Waals surface area contributed by atoms with Crippen LogP contribution in [0.4, 0.5) is 5.69 Å². The van der Waals surface area contributed by atoms with Crippen LogP contribution in [-0.2, 0) is 6.42 Å². The molecule has 2 aromatic heterocycles. The Morgan fingerprint density at radius 3 is 2.68 bits per heavy atom. The Kier molecular flexibility index (Phi) is 3.91. The first-order valence-corrected chi connectivity index (χ1v) is 6.90. The molecule has 3 rings (SSSR count). The summed E-state index contributed by atoms with van der Waals surface area (Å²) in [4.78, 5) is 20.3. The lowest BCUT2D eigenvalue weighted by Gasteiger charge is -2.04. The molecular formula is C16H14N4O2. The molecule has 0 atom stereocenters. The van der Waals surface area contributed by atoms with Gasteiger partial charge in [-0.3, -0.25) is 9.78 Å². The van der Waals surface area contributed by atoms with Crippen LogP contribution in [0.15, 0.2) is 53.3 Å². The second kappa shape index (κ2) is 6.17. The summed E-state index contributed by atoms with van der Waals surface area (Å²) in [6.07, 6.45) is 3.94. The molecule has 0 spiro atoms. The maximum Gasteiger partial charge on any atom is 0.255 e. The van der Waals surface area contributed by atoms with Gasteiger partial charge in [0.1, 0.15) is 0 Å². The summed E-state index contributed by atoms with van der Waals surface area (Å²) < 4.78 is 5.08. The molecule has 0 fully saturated rings. The largest absolute Gasteiger partial charge is 0.339 e. The quantitative estimate of drug-likeness (QED) is 0.800. The number of hydrogen-bond donors (Lipinski definition) is 1. The molecule has 2 heterocycles. The summed E-state index contributed by atoms with van der Waals surface area (Å²) in [5.41, 5.74) is 2.01. The Morgan fingerprint density at radius 1 is 1.23 bits per heavy atom. The van der Waals surface area contributed by atoms with Crippen LogP contribution in [0.1, 0.15) is 23.2 Å². The first kappa shape index (κ1) is 13.9. The van der Waals surface area contributed by atoms with E-state index in [1.54, 1.807) is 48.8 Å². The van der Waals surface area contributed by atoms with Crippen molar-refractivity contribution in [1.29, 1.82) is 0 Å². The van der Waals surface area contributed by atoms with E-state index in [-0.39, 0.29) is 5.91 Å². The van der Waals surface area contributed by atoms with Gasteiger partial charge in [0.05, 0.1) is 11.9 Å². The molecule has 1 amide bonds. The van der Waals surface area contributed by atoms with Crippen molar-refractivity contribution in [3.63, 3.8) is 0 Å². The molecule has 0 aliphatic rings. The minimum absolute atomic E-state index is 0.193. The van der Waals surface area contributed by atoms with Crippen molar-refractivity contribution in [2.24, 2.45) is 0 Å². The maximum absolute atomic E-state index is 12.1. The van der Waals surface area contributed by atoms with Crippen LogP contribution in [0.3, 0.4) is 0 Å². The van der Waals surface area contributed by atoms with Gasteiger partial charge in [-0.2, -0.15) is 4.98 Å². The Morgan fingerprint density at radius 2 is 2.05 bits per heavy atom. The molecular weight excluding hydrogens is 280 g/mol. The monoisotopic (exact) mass is 294 g/mol. The average molecular weight is 294 g/mol. The van der Waals surface area contributed by atoms with Gasteiger partial charge in [0, 0.05) is 23.7 Å². The standard InChI is InChI=1S/C16H14N4O2/c1-2-14-19-15(20-22-14)11-5-7-12(8-6-11)16(21)18-13-4-3-9-17-10-13/h3-10H,2H2,1H3,(H,18,21). The third-order valence-electron chi connectivity index (χ3n) is 3.10. The fourth-order valence-electron chi connectivity index (χ4n) is 1.93. The van der Waals surface area contributed by atoms with Crippen LogP contribution in [0.5, 0.6) is 0 Å². The number of rotatable bonds is 4. The number of carbonyl (C=O) groups is 1. The third-order valence-corrected chi connectivity index (χ3v) is 3.10. The fourth-order valence-corrected chi connectivity index (χ4v) is 1.93. The number of pyridine rings is 1. The fraction of sp³-hybridized carbons (Fsp3) is 0.125. The Hall–Kier alpha value is -3.02. The maximum atomic E-state index is 12.1. The predicted octanol–water partition coefficient (Wildman–Crippen LogP) is 2.95. The molecule has 1 N–H and O–H groups in total. The van der Waals surface area contributed by atoms with E-state index < -0.39 is 0 Å². The van der Waals surface area contributed by atoms with E-state index >= 15 is 0 Å².